The lowest BCUT2D eigenvalue weighted by molar-refractivity contribution is 1.08. The molecule has 0 fully saturated rings. The van der Waals surface area contributed by atoms with Crippen molar-refractivity contribution < 1.29 is 0 Å². The lowest BCUT2D eigenvalue weighted by atomic mass is 9.97. The van der Waals surface area contributed by atoms with Gasteiger partial charge in [0, 0.05) is 54.0 Å². The molecule has 0 saturated carbocycles. The Hall–Kier alpha value is -7.56. The van der Waals surface area contributed by atoms with Gasteiger partial charge in [-0.25, -0.2) is 9.97 Å². The molecule has 0 N–H and O–H groups in total. The molecule has 0 bridgehead atoms. The molecule has 57 heavy (non-hydrogen) atoms. The lowest BCUT2D eigenvalue weighted by Gasteiger charge is -2.16. The molecule has 0 amide bonds. The molecule has 0 unspecified atom stereocenters. The standard InChI is InChI=1S/C53H32N4/c1-30(2)34-20-11-14-32-25-26-33(29-42(32)34)48-53(54-43-28-27-31-13-3-4-15-35(31)49(43)55-48)57-45-24-10-8-19-40(45)46-47-41-22-12-21-37-36-16-7-9-23-44(36)56(50(37)41)51(47)38-17-5-6-18-39(38)52(46)57/h3-29H,1H2,2H3. The van der Waals surface area contributed by atoms with Crippen LogP contribution in [0.15, 0.2) is 170 Å². The Morgan fingerprint density at radius 2 is 1.07 bits per heavy atom. The fraction of sp³-hybridized carbons (Fsp3) is 0.0189. The third-order valence-electron chi connectivity index (χ3n) is 12.4. The van der Waals surface area contributed by atoms with E-state index < -0.39 is 0 Å². The molecule has 0 aliphatic heterocycles. The highest BCUT2D eigenvalue weighted by Crippen LogP contribution is 2.49. The Morgan fingerprint density at radius 1 is 0.474 bits per heavy atom. The summed E-state index contributed by atoms with van der Waals surface area (Å²) < 4.78 is 4.93. The summed E-state index contributed by atoms with van der Waals surface area (Å²) in [6.45, 7) is 6.42. The molecule has 264 valence electrons. The van der Waals surface area contributed by atoms with Crippen LogP contribution < -0.4 is 0 Å². The van der Waals surface area contributed by atoms with Gasteiger partial charge in [-0.15, -0.1) is 0 Å². The smallest absolute Gasteiger partial charge is 0.165 e. The molecule has 0 radical (unpaired) electrons. The zero-order valence-electron chi connectivity index (χ0n) is 31.1. The average molecular weight is 725 g/mol. The molecule has 4 aromatic heterocycles. The first kappa shape index (κ1) is 30.7. The highest BCUT2D eigenvalue weighted by Gasteiger charge is 2.27. The van der Waals surface area contributed by atoms with E-state index in [0.717, 1.165) is 66.4 Å². The van der Waals surface area contributed by atoms with Gasteiger partial charge in [0.2, 0.25) is 0 Å². The topological polar surface area (TPSA) is 35.1 Å². The normalized spacial score (nSPS) is 12.4. The van der Waals surface area contributed by atoms with E-state index >= 15 is 0 Å². The van der Waals surface area contributed by atoms with Gasteiger partial charge < -0.3 is 4.40 Å². The van der Waals surface area contributed by atoms with Crippen LogP contribution in [0.25, 0.3) is 126 Å². The maximum atomic E-state index is 5.67. The first-order valence-corrected chi connectivity index (χ1v) is 19.5. The molecule has 4 nitrogen and oxygen atoms in total. The second-order valence-electron chi connectivity index (χ2n) is 15.5. The van der Waals surface area contributed by atoms with E-state index in [1.807, 2.05) is 0 Å². The van der Waals surface area contributed by atoms with Crippen molar-refractivity contribution in [3.63, 3.8) is 0 Å². The largest absolute Gasteiger partial charge is 0.307 e. The van der Waals surface area contributed by atoms with Crippen LogP contribution in [-0.4, -0.2) is 18.9 Å². The number of hydrogen-bond acceptors (Lipinski definition) is 2. The monoisotopic (exact) mass is 724 g/mol. The Kier molecular flexibility index (Phi) is 5.94. The first-order valence-electron chi connectivity index (χ1n) is 19.5. The second-order valence-corrected chi connectivity index (χ2v) is 15.5. The van der Waals surface area contributed by atoms with Crippen molar-refractivity contribution >= 4 is 109 Å². The van der Waals surface area contributed by atoms with Crippen LogP contribution in [0.5, 0.6) is 0 Å². The van der Waals surface area contributed by atoms with Gasteiger partial charge in [0.1, 0.15) is 5.69 Å². The van der Waals surface area contributed by atoms with Crippen molar-refractivity contribution in [1.29, 1.82) is 0 Å². The minimum absolute atomic E-state index is 0.808. The van der Waals surface area contributed by atoms with E-state index in [0.29, 0.717) is 0 Å². The third-order valence-corrected chi connectivity index (χ3v) is 12.4. The Bertz CT molecular complexity index is 3900. The molecule has 13 aromatic rings. The molecule has 0 spiro atoms. The number of nitrogens with zero attached hydrogens (tertiary/aromatic N) is 4. The molecular weight excluding hydrogens is 693 g/mol. The average Bonchev–Trinajstić information content (AvgIpc) is 3.91. The van der Waals surface area contributed by atoms with E-state index in [1.165, 1.54) is 65.0 Å². The van der Waals surface area contributed by atoms with Crippen LogP contribution in [0.1, 0.15) is 12.5 Å². The van der Waals surface area contributed by atoms with Crippen LogP contribution in [-0.2, 0) is 0 Å². The van der Waals surface area contributed by atoms with Crippen LogP contribution in [0.2, 0.25) is 0 Å². The van der Waals surface area contributed by atoms with Crippen LogP contribution in [0.4, 0.5) is 0 Å². The highest BCUT2D eigenvalue weighted by molar-refractivity contribution is 6.39. The number of aromatic nitrogens is 4. The van der Waals surface area contributed by atoms with Gasteiger partial charge in [-0.05, 0) is 52.9 Å². The molecule has 0 atom stereocenters. The van der Waals surface area contributed by atoms with Crippen molar-refractivity contribution in [2.24, 2.45) is 0 Å². The molecule has 0 saturated heterocycles. The quantitative estimate of drug-likeness (QED) is 0.170. The number of hydrogen-bond donors (Lipinski definition) is 0. The predicted octanol–water partition coefficient (Wildman–Crippen LogP) is 14.0. The summed E-state index contributed by atoms with van der Waals surface area (Å²) in [5.41, 5.74) is 11.7. The third kappa shape index (κ3) is 3.96. The van der Waals surface area contributed by atoms with Crippen LogP contribution >= 0.6 is 0 Å². The van der Waals surface area contributed by atoms with E-state index in [9.17, 15) is 0 Å². The van der Waals surface area contributed by atoms with E-state index in [2.05, 4.69) is 186 Å². The summed E-state index contributed by atoms with van der Waals surface area (Å²) in [5.74, 6) is 0.808. The molecule has 0 aliphatic carbocycles. The van der Waals surface area contributed by atoms with Gasteiger partial charge in [0.05, 0.1) is 38.6 Å². The minimum atomic E-state index is 0.808. The molecular formula is C53H32N4. The number of para-hydroxylation sites is 3. The first-order chi connectivity index (χ1) is 28.1. The van der Waals surface area contributed by atoms with Crippen molar-refractivity contribution in [2.75, 3.05) is 0 Å². The molecule has 4 heteroatoms. The Morgan fingerprint density at radius 3 is 1.91 bits per heavy atom. The summed E-state index contributed by atoms with van der Waals surface area (Å²) >= 11 is 0. The SMILES string of the molecule is C=C(C)c1cccc2ccc(-c3nc4c(ccc5ccccc54)nc3-n3c4ccccc4c4c5c6cccc7c8ccccc8n(c76)c5c5ccccc5c43)cc12. The molecule has 0 aliphatic rings. The van der Waals surface area contributed by atoms with Crippen molar-refractivity contribution in [3.8, 4) is 17.1 Å². The summed E-state index contributed by atoms with van der Waals surface area (Å²) in [4.78, 5) is 11.3. The van der Waals surface area contributed by atoms with Crippen molar-refractivity contribution in [3.05, 3.63) is 176 Å². The van der Waals surface area contributed by atoms with Gasteiger partial charge >= 0.3 is 0 Å². The Balaban J connectivity index is 1.26. The lowest BCUT2D eigenvalue weighted by Crippen LogP contribution is -2.04. The summed E-state index contributed by atoms with van der Waals surface area (Å²) in [5, 5.41) is 14.4. The number of allylic oxidation sites excluding steroid dienone is 1. The van der Waals surface area contributed by atoms with Crippen molar-refractivity contribution in [1.82, 2.24) is 18.9 Å². The summed E-state index contributed by atoms with van der Waals surface area (Å²) in [7, 11) is 0. The van der Waals surface area contributed by atoms with Gasteiger partial charge in [-0.2, -0.15) is 0 Å². The van der Waals surface area contributed by atoms with E-state index in [-0.39, 0.29) is 0 Å². The van der Waals surface area contributed by atoms with Gasteiger partial charge in [0.25, 0.3) is 0 Å². The summed E-state index contributed by atoms with van der Waals surface area (Å²) in [6, 6.07) is 59.3. The molecule has 9 aromatic carbocycles. The number of benzene rings is 9. The maximum Gasteiger partial charge on any atom is 0.165 e. The van der Waals surface area contributed by atoms with Crippen LogP contribution in [0.3, 0.4) is 0 Å². The number of rotatable bonds is 3. The second kappa shape index (κ2) is 11.0. The zero-order valence-corrected chi connectivity index (χ0v) is 31.1. The Labute approximate surface area is 326 Å². The summed E-state index contributed by atoms with van der Waals surface area (Å²) in [6.07, 6.45) is 0. The van der Waals surface area contributed by atoms with Crippen LogP contribution in [0, 0.1) is 0 Å². The highest BCUT2D eigenvalue weighted by atomic mass is 15.1. The van der Waals surface area contributed by atoms with Gasteiger partial charge in [0.15, 0.2) is 5.82 Å². The maximum absolute atomic E-state index is 5.67. The minimum Gasteiger partial charge on any atom is -0.307 e. The molecule has 4 heterocycles. The number of fused-ring (bicyclic) bond motifs is 17. The fourth-order valence-electron chi connectivity index (χ4n) is 9.99. The van der Waals surface area contributed by atoms with Gasteiger partial charge in [-0.1, -0.05) is 152 Å². The zero-order chi connectivity index (χ0) is 37.5. The predicted molar refractivity (Wildman–Crippen MR) is 241 cm³/mol. The van der Waals surface area contributed by atoms with Gasteiger partial charge in [-0.3, -0.25) is 4.57 Å². The van der Waals surface area contributed by atoms with E-state index in [1.54, 1.807) is 0 Å². The molecule has 13 rings (SSSR count). The van der Waals surface area contributed by atoms with Crippen molar-refractivity contribution in [2.45, 2.75) is 6.92 Å². The van der Waals surface area contributed by atoms with E-state index in [4.69, 9.17) is 9.97 Å². The fourth-order valence-corrected chi connectivity index (χ4v) is 9.99.